The molecule has 0 fully saturated rings. The van der Waals surface area contributed by atoms with E-state index >= 15 is 0 Å². The maximum atomic E-state index is 12.4. The van der Waals surface area contributed by atoms with Crippen molar-refractivity contribution in [2.24, 2.45) is 0 Å². The van der Waals surface area contributed by atoms with Crippen LogP contribution in [0.25, 0.3) is 5.65 Å². The van der Waals surface area contributed by atoms with Crippen LogP contribution < -0.4 is 19.9 Å². The van der Waals surface area contributed by atoms with Crippen molar-refractivity contribution in [2.45, 2.75) is 19.9 Å². The molecule has 1 atom stereocenters. The van der Waals surface area contributed by atoms with Crippen LogP contribution in [0.2, 0.25) is 0 Å². The van der Waals surface area contributed by atoms with Crippen LogP contribution in [0, 0.1) is 6.92 Å². The molecule has 3 rings (SSSR count). The summed E-state index contributed by atoms with van der Waals surface area (Å²) in [5.74, 6) is 1.48. The number of nitrogens with one attached hydrogen (secondary N) is 1. The Balaban J connectivity index is 1.68. The molecular formula is C21H26N3O3+. The van der Waals surface area contributed by atoms with Crippen LogP contribution in [0.1, 0.15) is 17.0 Å². The molecule has 2 aromatic heterocycles. The predicted molar refractivity (Wildman–Crippen MR) is 105 cm³/mol. The minimum absolute atomic E-state index is 0.0270. The van der Waals surface area contributed by atoms with Gasteiger partial charge in [-0.25, -0.2) is 4.98 Å². The lowest BCUT2D eigenvalue weighted by Gasteiger charge is -2.15. The molecule has 6 nitrogen and oxygen atoms in total. The van der Waals surface area contributed by atoms with E-state index in [2.05, 4.69) is 18.1 Å². The molecular weight excluding hydrogens is 342 g/mol. The zero-order valence-corrected chi connectivity index (χ0v) is 16.3. The molecule has 0 radical (unpaired) electrons. The first-order valence-corrected chi connectivity index (χ1v) is 9.02. The Labute approximate surface area is 159 Å². The fourth-order valence-electron chi connectivity index (χ4n) is 3.25. The maximum absolute atomic E-state index is 12.4. The molecule has 0 saturated heterocycles. The monoisotopic (exact) mass is 368 g/mol. The van der Waals surface area contributed by atoms with Gasteiger partial charge in [-0.2, -0.15) is 0 Å². The molecule has 6 heteroatoms. The highest BCUT2D eigenvalue weighted by atomic mass is 16.5. The lowest BCUT2D eigenvalue weighted by Crippen LogP contribution is -3.07. The molecule has 142 valence electrons. The Hall–Kier alpha value is -2.86. The molecule has 1 N–H and O–H groups in total. The number of quaternary nitrogens is 1. The van der Waals surface area contributed by atoms with E-state index in [0.717, 1.165) is 35.9 Å². The summed E-state index contributed by atoms with van der Waals surface area (Å²) in [6.07, 6.45) is 0.901. The van der Waals surface area contributed by atoms with Gasteiger partial charge in [-0.05, 0) is 36.8 Å². The Bertz CT molecular complexity index is 998. The molecule has 0 aliphatic heterocycles. The van der Waals surface area contributed by atoms with Crippen molar-refractivity contribution in [3.05, 3.63) is 69.8 Å². The Morgan fingerprint density at radius 1 is 1.07 bits per heavy atom. The van der Waals surface area contributed by atoms with Gasteiger partial charge in [0.1, 0.15) is 17.9 Å². The molecule has 2 heterocycles. The fraction of sp³-hybridized carbons (Fsp3) is 0.333. The lowest BCUT2D eigenvalue weighted by molar-refractivity contribution is -0.893. The number of benzene rings is 1. The van der Waals surface area contributed by atoms with E-state index in [1.807, 2.05) is 37.3 Å². The average Bonchev–Trinajstić information content (AvgIpc) is 2.65. The molecule has 1 unspecified atom stereocenters. The molecule has 0 aliphatic carbocycles. The van der Waals surface area contributed by atoms with Crippen molar-refractivity contribution < 1.29 is 14.4 Å². The number of pyridine rings is 1. The van der Waals surface area contributed by atoms with E-state index in [9.17, 15) is 4.79 Å². The number of aryl methyl sites for hydroxylation is 1. The van der Waals surface area contributed by atoms with Gasteiger partial charge >= 0.3 is 0 Å². The number of ether oxygens (including phenoxy) is 2. The van der Waals surface area contributed by atoms with E-state index < -0.39 is 0 Å². The summed E-state index contributed by atoms with van der Waals surface area (Å²) < 4.78 is 12.3. The van der Waals surface area contributed by atoms with Crippen LogP contribution in [0.4, 0.5) is 0 Å². The normalized spacial score (nSPS) is 12.1. The third-order valence-corrected chi connectivity index (χ3v) is 4.70. The summed E-state index contributed by atoms with van der Waals surface area (Å²) in [6, 6.07) is 13.3. The third kappa shape index (κ3) is 4.28. The molecule has 0 saturated carbocycles. The fourth-order valence-corrected chi connectivity index (χ4v) is 3.25. The van der Waals surface area contributed by atoms with Crippen molar-refractivity contribution in [2.75, 3.05) is 27.8 Å². The van der Waals surface area contributed by atoms with E-state index in [-0.39, 0.29) is 5.56 Å². The molecule has 0 bridgehead atoms. The largest absolute Gasteiger partial charge is 0.493 e. The molecule has 0 spiro atoms. The number of rotatable bonds is 7. The Morgan fingerprint density at radius 2 is 1.85 bits per heavy atom. The van der Waals surface area contributed by atoms with Crippen molar-refractivity contribution in [3.8, 4) is 11.5 Å². The summed E-state index contributed by atoms with van der Waals surface area (Å²) in [4.78, 5) is 18.3. The van der Waals surface area contributed by atoms with E-state index in [1.165, 1.54) is 10.5 Å². The second kappa shape index (κ2) is 8.22. The standard InChI is InChI=1S/C21H25N3O3/c1-15-6-5-7-20-22-17(13-21(25)24(15)20)14-23(2)11-10-16-8-9-18(26-3)19(12-16)27-4/h5-9,12-13H,10-11,14H2,1-4H3/p+1. The molecule has 27 heavy (non-hydrogen) atoms. The van der Waals surface area contributed by atoms with E-state index in [0.29, 0.717) is 12.2 Å². The van der Waals surface area contributed by atoms with Crippen LogP contribution >= 0.6 is 0 Å². The number of fused-ring (bicyclic) bond motifs is 1. The highest BCUT2D eigenvalue weighted by molar-refractivity contribution is 5.43. The number of aromatic nitrogens is 2. The summed E-state index contributed by atoms with van der Waals surface area (Å²) in [7, 11) is 5.39. The van der Waals surface area contributed by atoms with Crippen LogP contribution in [0.15, 0.2) is 47.3 Å². The summed E-state index contributed by atoms with van der Waals surface area (Å²) in [5.41, 5.74) is 3.57. The first-order valence-electron chi connectivity index (χ1n) is 9.02. The van der Waals surface area contributed by atoms with Crippen LogP contribution in [-0.2, 0) is 13.0 Å². The summed E-state index contributed by atoms with van der Waals surface area (Å²) in [6.45, 7) is 3.54. The zero-order valence-electron chi connectivity index (χ0n) is 16.3. The molecule has 0 aliphatic rings. The van der Waals surface area contributed by atoms with Gasteiger partial charge in [0.25, 0.3) is 5.56 Å². The van der Waals surface area contributed by atoms with Crippen molar-refractivity contribution in [1.82, 2.24) is 9.38 Å². The third-order valence-electron chi connectivity index (χ3n) is 4.70. The number of methoxy groups -OCH3 is 2. The lowest BCUT2D eigenvalue weighted by atomic mass is 10.1. The van der Waals surface area contributed by atoms with Gasteiger partial charge < -0.3 is 14.4 Å². The topological polar surface area (TPSA) is 57.3 Å². The number of likely N-dealkylation sites (N-methyl/N-ethyl adjacent to an activating group) is 1. The number of hydrogen-bond donors (Lipinski definition) is 1. The second-order valence-electron chi connectivity index (χ2n) is 6.77. The minimum atomic E-state index is -0.0270. The quantitative estimate of drug-likeness (QED) is 0.683. The SMILES string of the molecule is COc1ccc(CC[NH+](C)Cc2cc(=O)n3c(C)cccc3n2)cc1OC. The molecule has 3 aromatic rings. The van der Waals surface area contributed by atoms with Gasteiger partial charge in [0.2, 0.25) is 0 Å². The maximum Gasteiger partial charge on any atom is 0.258 e. The Morgan fingerprint density at radius 3 is 2.59 bits per heavy atom. The minimum Gasteiger partial charge on any atom is -0.493 e. The van der Waals surface area contributed by atoms with Gasteiger partial charge in [-0.15, -0.1) is 0 Å². The van der Waals surface area contributed by atoms with E-state index in [4.69, 9.17) is 9.47 Å². The highest BCUT2D eigenvalue weighted by Gasteiger charge is 2.11. The van der Waals surface area contributed by atoms with Gasteiger partial charge in [0.15, 0.2) is 11.5 Å². The van der Waals surface area contributed by atoms with Gasteiger partial charge in [0.05, 0.1) is 27.8 Å². The van der Waals surface area contributed by atoms with Crippen LogP contribution in [0.3, 0.4) is 0 Å². The van der Waals surface area contributed by atoms with Crippen molar-refractivity contribution >= 4 is 5.65 Å². The predicted octanol–water partition coefficient (Wildman–Crippen LogP) is 1.28. The molecule has 1 aromatic carbocycles. The van der Waals surface area contributed by atoms with Crippen molar-refractivity contribution in [1.29, 1.82) is 0 Å². The highest BCUT2D eigenvalue weighted by Crippen LogP contribution is 2.27. The van der Waals surface area contributed by atoms with E-state index in [1.54, 1.807) is 24.7 Å². The number of nitrogens with zero attached hydrogens (tertiary/aromatic N) is 2. The number of hydrogen-bond acceptors (Lipinski definition) is 4. The first-order chi connectivity index (χ1) is 13.0. The van der Waals surface area contributed by atoms with Gasteiger partial charge in [-0.3, -0.25) is 9.20 Å². The summed E-state index contributed by atoms with van der Waals surface area (Å²) >= 11 is 0. The second-order valence-corrected chi connectivity index (χ2v) is 6.77. The Kier molecular flexibility index (Phi) is 5.76. The van der Waals surface area contributed by atoms with Gasteiger partial charge in [-0.1, -0.05) is 12.1 Å². The zero-order chi connectivity index (χ0) is 19.4. The van der Waals surface area contributed by atoms with Crippen molar-refractivity contribution in [3.63, 3.8) is 0 Å². The summed E-state index contributed by atoms with van der Waals surface area (Å²) in [5, 5.41) is 0. The van der Waals surface area contributed by atoms with Crippen LogP contribution in [0.5, 0.6) is 11.5 Å². The van der Waals surface area contributed by atoms with Gasteiger partial charge in [0, 0.05) is 18.2 Å². The molecule has 0 amide bonds. The smallest absolute Gasteiger partial charge is 0.258 e. The first kappa shape index (κ1) is 18.9. The average molecular weight is 368 g/mol. The van der Waals surface area contributed by atoms with Crippen LogP contribution in [-0.4, -0.2) is 37.2 Å².